The number of para-hydroxylation sites is 1. The standard InChI is InChI=1S/C13H15N3O3S2/c1-8-12(20-13(14)16-8)21(17,18)15-7-10-6-9-4-2-3-5-11(9)19-10/h2-5,10,15H,6-7H2,1H3,(H2,14,16). The van der Waals surface area contributed by atoms with E-state index >= 15 is 0 Å². The summed E-state index contributed by atoms with van der Waals surface area (Å²) in [5, 5.41) is 0.248. The number of nitrogen functional groups attached to an aromatic ring is 1. The van der Waals surface area contributed by atoms with Gasteiger partial charge in [-0.3, -0.25) is 0 Å². The van der Waals surface area contributed by atoms with Crippen molar-refractivity contribution in [2.45, 2.75) is 23.7 Å². The van der Waals surface area contributed by atoms with Crippen LogP contribution >= 0.6 is 11.3 Å². The molecule has 0 amide bonds. The second-order valence-electron chi connectivity index (χ2n) is 4.83. The number of aryl methyl sites for hydroxylation is 1. The maximum atomic E-state index is 12.2. The number of fused-ring (bicyclic) bond motifs is 1. The Balaban J connectivity index is 1.68. The van der Waals surface area contributed by atoms with Crippen molar-refractivity contribution in [2.75, 3.05) is 12.3 Å². The summed E-state index contributed by atoms with van der Waals surface area (Å²) in [4.78, 5) is 3.94. The maximum Gasteiger partial charge on any atom is 0.252 e. The molecule has 1 aromatic heterocycles. The Labute approximate surface area is 127 Å². The van der Waals surface area contributed by atoms with E-state index in [4.69, 9.17) is 10.5 Å². The Morgan fingerprint density at radius 3 is 2.90 bits per heavy atom. The number of hydrogen-bond donors (Lipinski definition) is 2. The topological polar surface area (TPSA) is 94.3 Å². The minimum Gasteiger partial charge on any atom is -0.488 e. The van der Waals surface area contributed by atoms with Crippen LogP contribution in [-0.2, 0) is 16.4 Å². The lowest BCUT2D eigenvalue weighted by molar-refractivity contribution is 0.236. The summed E-state index contributed by atoms with van der Waals surface area (Å²) in [5.74, 6) is 0.819. The Hall–Kier alpha value is -1.64. The Morgan fingerprint density at radius 2 is 2.24 bits per heavy atom. The zero-order valence-electron chi connectivity index (χ0n) is 11.4. The molecule has 2 aromatic rings. The summed E-state index contributed by atoms with van der Waals surface area (Å²) in [5.41, 5.74) is 7.06. The van der Waals surface area contributed by atoms with Crippen LogP contribution in [0.1, 0.15) is 11.3 Å². The summed E-state index contributed by atoms with van der Waals surface area (Å²) in [6, 6.07) is 7.71. The molecule has 2 heterocycles. The van der Waals surface area contributed by atoms with Gasteiger partial charge in [-0.2, -0.15) is 0 Å². The molecule has 0 radical (unpaired) electrons. The minimum absolute atomic E-state index is 0.163. The van der Waals surface area contributed by atoms with E-state index in [0.29, 0.717) is 12.1 Å². The SMILES string of the molecule is Cc1nc(N)sc1S(=O)(=O)NCC1Cc2ccccc2O1. The van der Waals surface area contributed by atoms with Crippen molar-refractivity contribution < 1.29 is 13.2 Å². The molecular formula is C13H15N3O3S2. The fourth-order valence-corrected chi connectivity index (χ4v) is 4.70. The average Bonchev–Trinajstić information content (AvgIpc) is 2.99. The molecule has 1 aliphatic rings. The number of hydrogen-bond acceptors (Lipinski definition) is 6. The van der Waals surface area contributed by atoms with Gasteiger partial charge in [0.25, 0.3) is 10.0 Å². The predicted octanol–water partition coefficient (Wildman–Crippen LogP) is 1.32. The highest BCUT2D eigenvalue weighted by molar-refractivity contribution is 7.91. The maximum absolute atomic E-state index is 12.2. The Kier molecular flexibility index (Phi) is 3.60. The molecule has 0 saturated carbocycles. The van der Waals surface area contributed by atoms with Gasteiger partial charge in [0.05, 0.1) is 5.69 Å². The van der Waals surface area contributed by atoms with Gasteiger partial charge in [-0.25, -0.2) is 18.1 Å². The molecular weight excluding hydrogens is 310 g/mol. The summed E-state index contributed by atoms with van der Waals surface area (Å²) < 4.78 is 32.9. The van der Waals surface area contributed by atoms with E-state index in [-0.39, 0.29) is 22.0 Å². The van der Waals surface area contributed by atoms with Crippen molar-refractivity contribution in [3.63, 3.8) is 0 Å². The number of nitrogens with one attached hydrogen (secondary N) is 1. The smallest absolute Gasteiger partial charge is 0.252 e. The first-order valence-corrected chi connectivity index (χ1v) is 8.73. The summed E-state index contributed by atoms with van der Waals surface area (Å²) >= 11 is 0.967. The number of nitrogens with zero attached hydrogens (tertiary/aromatic N) is 1. The Morgan fingerprint density at radius 1 is 1.48 bits per heavy atom. The second-order valence-corrected chi connectivity index (χ2v) is 7.82. The lowest BCUT2D eigenvalue weighted by Crippen LogP contribution is -2.34. The average molecular weight is 325 g/mol. The number of aromatic nitrogens is 1. The number of rotatable bonds is 4. The first kappa shape index (κ1) is 14.3. The highest BCUT2D eigenvalue weighted by atomic mass is 32.2. The van der Waals surface area contributed by atoms with Crippen molar-refractivity contribution in [1.29, 1.82) is 0 Å². The van der Waals surface area contributed by atoms with E-state index in [1.165, 1.54) is 0 Å². The van der Waals surface area contributed by atoms with E-state index in [1.807, 2.05) is 24.3 Å². The van der Waals surface area contributed by atoms with Crippen molar-refractivity contribution in [2.24, 2.45) is 0 Å². The van der Waals surface area contributed by atoms with Crippen LogP contribution in [0, 0.1) is 6.92 Å². The van der Waals surface area contributed by atoms with Gasteiger partial charge in [-0.05, 0) is 18.6 Å². The summed E-state index contributed by atoms with van der Waals surface area (Å²) in [7, 11) is -3.60. The third-order valence-corrected chi connectivity index (χ3v) is 6.25. The van der Waals surface area contributed by atoms with Gasteiger partial charge in [0.15, 0.2) is 9.34 Å². The van der Waals surface area contributed by atoms with Gasteiger partial charge in [0.1, 0.15) is 11.9 Å². The van der Waals surface area contributed by atoms with Gasteiger partial charge in [0, 0.05) is 13.0 Å². The molecule has 8 heteroatoms. The number of sulfonamides is 1. The summed E-state index contributed by atoms with van der Waals surface area (Å²) in [6.45, 7) is 1.84. The van der Waals surface area contributed by atoms with Gasteiger partial charge in [0.2, 0.25) is 0 Å². The van der Waals surface area contributed by atoms with Crippen LogP contribution in [0.2, 0.25) is 0 Å². The molecule has 3 N–H and O–H groups in total. The first-order chi connectivity index (χ1) is 9.95. The predicted molar refractivity (Wildman–Crippen MR) is 81.0 cm³/mol. The normalized spacial score (nSPS) is 17.5. The molecule has 1 atom stereocenters. The first-order valence-electron chi connectivity index (χ1n) is 6.43. The number of thiazole rings is 1. The fourth-order valence-electron chi connectivity index (χ4n) is 2.29. The molecule has 0 spiro atoms. The van der Waals surface area contributed by atoms with Crippen molar-refractivity contribution in [3.8, 4) is 5.75 Å². The van der Waals surface area contributed by atoms with Crippen molar-refractivity contribution >= 4 is 26.5 Å². The van der Waals surface area contributed by atoms with Gasteiger partial charge in [-0.15, -0.1) is 0 Å². The zero-order chi connectivity index (χ0) is 15.0. The number of benzene rings is 1. The molecule has 6 nitrogen and oxygen atoms in total. The van der Waals surface area contributed by atoms with E-state index in [1.54, 1.807) is 6.92 Å². The largest absolute Gasteiger partial charge is 0.488 e. The molecule has 0 saturated heterocycles. The molecule has 0 aliphatic carbocycles. The lowest BCUT2D eigenvalue weighted by atomic mass is 10.1. The molecule has 112 valence electrons. The van der Waals surface area contributed by atoms with Crippen LogP contribution in [0.5, 0.6) is 5.75 Å². The molecule has 1 unspecified atom stereocenters. The molecule has 3 rings (SSSR count). The fraction of sp³-hybridized carbons (Fsp3) is 0.308. The van der Waals surface area contributed by atoms with Crippen LogP contribution in [-0.4, -0.2) is 26.1 Å². The Bertz CT molecular complexity index is 746. The van der Waals surface area contributed by atoms with Gasteiger partial charge >= 0.3 is 0 Å². The van der Waals surface area contributed by atoms with Crippen LogP contribution < -0.4 is 15.2 Å². The second kappa shape index (κ2) is 5.28. The van der Waals surface area contributed by atoms with Crippen LogP contribution in [0.4, 0.5) is 5.13 Å². The third-order valence-electron chi connectivity index (χ3n) is 3.23. The van der Waals surface area contributed by atoms with Gasteiger partial charge in [-0.1, -0.05) is 29.5 Å². The molecule has 1 aliphatic heterocycles. The van der Waals surface area contributed by atoms with Crippen LogP contribution in [0.15, 0.2) is 28.5 Å². The number of anilines is 1. The highest BCUT2D eigenvalue weighted by Crippen LogP contribution is 2.28. The van der Waals surface area contributed by atoms with E-state index in [2.05, 4.69) is 9.71 Å². The monoisotopic (exact) mass is 325 g/mol. The zero-order valence-corrected chi connectivity index (χ0v) is 13.0. The summed E-state index contributed by atoms with van der Waals surface area (Å²) in [6.07, 6.45) is 0.505. The molecule has 0 bridgehead atoms. The van der Waals surface area contributed by atoms with Gasteiger partial charge < -0.3 is 10.5 Å². The quantitative estimate of drug-likeness (QED) is 0.884. The van der Waals surface area contributed by atoms with E-state index < -0.39 is 10.0 Å². The third kappa shape index (κ3) is 2.87. The van der Waals surface area contributed by atoms with Crippen LogP contribution in [0.3, 0.4) is 0 Å². The minimum atomic E-state index is -3.60. The highest BCUT2D eigenvalue weighted by Gasteiger charge is 2.26. The number of ether oxygens (including phenoxy) is 1. The van der Waals surface area contributed by atoms with E-state index in [0.717, 1.165) is 22.6 Å². The number of nitrogens with two attached hydrogens (primary N) is 1. The molecule has 0 fully saturated rings. The molecule has 21 heavy (non-hydrogen) atoms. The van der Waals surface area contributed by atoms with Crippen molar-refractivity contribution in [3.05, 3.63) is 35.5 Å². The van der Waals surface area contributed by atoms with E-state index in [9.17, 15) is 8.42 Å². The van der Waals surface area contributed by atoms with Crippen molar-refractivity contribution in [1.82, 2.24) is 9.71 Å². The van der Waals surface area contributed by atoms with Crippen LogP contribution in [0.25, 0.3) is 0 Å². The lowest BCUT2D eigenvalue weighted by Gasteiger charge is -2.11. The molecule has 1 aromatic carbocycles.